The Morgan fingerprint density at radius 3 is 2.73 bits per heavy atom. The lowest BCUT2D eigenvalue weighted by molar-refractivity contribution is -0.138. The van der Waals surface area contributed by atoms with Crippen molar-refractivity contribution in [3.05, 3.63) is 29.3 Å². The predicted molar refractivity (Wildman–Crippen MR) is 115 cm³/mol. The SMILES string of the molecule is COc1ccc2c(c1)[C@]13CCN(CC4CC4)[C@H](C2)[C@]1(O)C[C@H](C(=O)N1CCCC1)C3. The van der Waals surface area contributed by atoms with Crippen LogP contribution in [-0.4, -0.2) is 65.7 Å². The fourth-order valence-corrected chi connectivity index (χ4v) is 7.32. The zero-order chi connectivity index (χ0) is 20.5. The number of hydrogen-bond acceptors (Lipinski definition) is 4. The minimum absolute atomic E-state index is 0.0615. The maximum atomic E-state index is 13.4. The summed E-state index contributed by atoms with van der Waals surface area (Å²) in [5, 5.41) is 12.4. The van der Waals surface area contributed by atoms with Gasteiger partial charge in [0.1, 0.15) is 5.75 Å². The van der Waals surface area contributed by atoms with E-state index in [1.807, 2.05) is 0 Å². The van der Waals surface area contributed by atoms with Gasteiger partial charge in [0.15, 0.2) is 0 Å². The number of piperidine rings is 1. The highest BCUT2D eigenvalue weighted by Crippen LogP contribution is 2.62. The Bertz CT molecular complexity index is 862. The molecule has 1 N–H and O–H groups in total. The standard InChI is InChI=1S/C25H34N2O3/c1-30-20-7-6-18-12-22-25(29)15-19(23(28)26-9-2-3-10-26)14-24(25,21(18)13-20)8-11-27(22)16-17-4-5-17/h6-7,13,17,19,22,29H,2-5,8-12,14-16H2,1H3/t19-,22-,24-,25-/m1/s1. The van der Waals surface area contributed by atoms with E-state index in [1.54, 1.807) is 7.11 Å². The van der Waals surface area contributed by atoms with Crippen molar-refractivity contribution < 1.29 is 14.6 Å². The van der Waals surface area contributed by atoms with Crippen LogP contribution in [0.15, 0.2) is 18.2 Å². The lowest BCUT2D eigenvalue weighted by Crippen LogP contribution is -2.69. The maximum Gasteiger partial charge on any atom is 0.225 e. The van der Waals surface area contributed by atoms with E-state index in [0.717, 1.165) is 70.0 Å². The van der Waals surface area contributed by atoms with Crippen LogP contribution < -0.4 is 4.74 Å². The van der Waals surface area contributed by atoms with Crippen LogP contribution in [0, 0.1) is 11.8 Å². The molecular weight excluding hydrogens is 376 g/mol. The average molecular weight is 411 g/mol. The summed E-state index contributed by atoms with van der Waals surface area (Å²) >= 11 is 0. The van der Waals surface area contributed by atoms with E-state index in [-0.39, 0.29) is 23.3 Å². The number of carbonyl (C=O) groups is 1. The minimum Gasteiger partial charge on any atom is -0.497 e. The van der Waals surface area contributed by atoms with Crippen molar-refractivity contribution in [3.63, 3.8) is 0 Å². The van der Waals surface area contributed by atoms with E-state index in [1.165, 1.54) is 24.0 Å². The number of benzene rings is 1. The quantitative estimate of drug-likeness (QED) is 0.829. The molecule has 3 aliphatic carbocycles. The second-order valence-electron chi connectivity index (χ2n) is 10.6. The van der Waals surface area contributed by atoms with Crippen LogP contribution in [0.3, 0.4) is 0 Å². The smallest absolute Gasteiger partial charge is 0.225 e. The summed E-state index contributed by atoms with van der Waals surface area (Å²) in [4.78, 5) is 18.0. The van der Waals surface area contributed by atoms with Gasteiger partial charge in [0, 0.05) is 37.0 Å². The van der Waals surface area contributed by atoms with Crippen molar-refractivity contribution in [1.29, 1.82) is 0 Å². The molecule has 2 saturated heterocycles. The fourth-order valence-electron chi connectivity index (χ4n) is 7.32. The maximum absolute atomic E-state index is 13.4. The zero-order valence-corrected chi connectivity index (χ0v) is 18.1. The van der Waals surface area contributed by atoms with Crippen molar-refractivity contribution in [2.24, 2.45) is 11.8 Å². The van der Waals surface area contributed by atoms with Gasteiger partial charge < -0.3 is 14.7 Å². The van der Waals surface area contributed by atoms with Crippen molar-refractivity contribution in [2.45, 2.75) is 68.4 Å². The summed E-state index contributed by atoms with van der Waals surface area (Å²) in [6.45, 7) is 3.93. The first kappa shape index (κ1) is 19.1. The first-order valence-corrected chi connectivity index (χ1v) is 12.0. The molecule has 6 rings (SSSR count). The van der Waals surface area contributed by atoms with E-state index in [0.29, 0.717) is 6.42 Å². The van der Waals surface area contributed by atoms with Gasteiger partial charge in [-0.2, -0.15) is 0 Å². The van der Waals surface area contributed by atoms with Crippen molar-refractivity contribution in [1.82, 2.24) is 9.80 Å². The molecule has 30 heavy (non-hydrogen) atoms. The molecule has 4 atom stereocenters. The number of hydrogen-bond donors (Lipinski definition) is 1. The molecule has 4 fully saturated rings. The highest BCUT2D eigenvalue weighted by Gasteiger charge is 2.68. The Morgan fingerprint density at radius 2 is 2.00 bits per heavy atom. The predicted octanol–water partition coefficient (Wildman–Crippen LogP) is 2.74. The average Bonchev–Trinajstić information content (AvgIpc) is 3.26. The monoisotopic (exact) mass is 410 g/mol. The van der Waals surface area contributed by atoms with Gasteiger partial charge in [-0.05, 0) is 87.1 Å². The third kappa shape index (κ3) is 2.64. The Balaban J connectivity index is 1.42. The number of ether oxygens (including phenoxy) is 1. The zero-order valence-electron chi connectivity index (χ0n) is 18.1. The van der Waals surface area contributed by atoms with E-state index in [2.05, 4.69) is 28.0 Å². The van der Waals surface area contributed by atoms with Crippen LogP contribution >= 0.6 is 0 Å². The van der Waals surface area contributed by atoms with Gasteiger partial charge in [-0.15, -0.1) is 0 Å². The normalized spacial score (nSPS) is 37.7. The number of fused-ring (bicyclic) bond motifs is 1. The number of amides is 1. The van der Waals surface area contributed by atoms with Crippen LogP contribution in [-0.2, 0) is 16.6 Å². The molecule has 2 aliphatic heterocycles. The largest absolute Gasteiger partial charge is 0.497 e. The van der Waals surface area contributed by atoms with Crippen LogP contribution in [0.1, 0.15) is 56.1 Å². The second-order valence-corrected chi connectivity index (χ2v) is 10.6. The Morgan fingerprint density at radius 1 is 1.20 bits per heavy atom. The third-order valence-electron chi connectivity index (χ3n) is 9.00. The van der Waals surface area contributed by atoms with Crippen LogP contribution in [0.2, 0.25) is 0 Å². The molecule has 1 amide bonds. The van der Waals surface area contributed by atoms with Crippen molar-refractivity contribution in [2.75, 3.05) is 33.3 Å². The first-order valence-electron chi connectivity index (χ1n) is 12.0. The highest BCUT2D eigenvalue weighted by molar-refractivity contribution is 5.80. The molecule has 5 heteroatoms. The van der Waals surface area contributed by atoms with Gasteiger partial charge in [0.2, 0.25) is 5.91 Å². The van der Waals surface area contributed by atoms with E-state index in [9.17, 15) is 9.90 Å². The summed E-state index contributed by atoms with van der Waals surface area (Å²) in [6, 6.07) is 6.56. The molecule has 0 unspecified atom stereocenters. The fraction of sp³-hybridized carbons (Fsp3) is 0.720. The van der Waals surface area contributed by atoms with Crippen LogP contribution in [0.4, 0.5) is 0 Å². The molecule has 162 valence electrons. The Kier molecular flexibility index (Phi) is 4.27. The lowest BCUT2D eigenvalue weighted by atomic mass is 9.56. The van der Waals surface area contributed by atoms with Gasteiger partial charge in [-0.1, -0.05) is 6.07 Å². The van der Waals surface area contributed by atoms with E-state index in [4.69, 9.17) is 4.74 Å². The lowest BCUT2D eigenvalue weighted by Gasteiger charge is -2.59. The Labute approximate surface area is 179 Å². The molecule has 1 aromatic carbocycles. The number of carbonyl (C=O) groups excluding carboxylic acids is 1. The topological polar surface area (TPSA) is 53.0 Å². The third-order valence-corrected chi connectivity index (χ3v) is 9.00. The van der Waals surface area contributed by atoms with E-state index < -0.39 is 5.60 Å². The molecule has 0 spiro atoms. The molecule has 2 saturated carbocycles. The van der Waals surface area contributed by atoms with Crippen LogP contribution in [0.25, 0.3) is 0 Å². The van der Waals surface area contributed by atoms with E-state index >= 15 is 0 Å². The number of nitrogens with zero attached hydrogens (tertiary/aromatic N) is 2. The van der Waals surface area contributed by atoms with Crippen molar-refractivity contribution >= 4 is 5.91 Å². The van der Waals surface area contributed by atoms with Gasteiger partial charge in [-0.3, -0.25) is 9.69 Å². The number of aliphatic hydroxyl groups is 1. The van der Waals surface area contributed by atoms with Crippen molar-refractivity contribution in [3.8, 4) is 5.75 Å². The van der Waals surface area contributed by atoms with Gasteiger partial charge in [0.25, 0.3) is 0 Å². The summed E-state index contributed by atoms with van der Waals surface area (Å²) in [5.41, 5.74) is 1.46. The minimum atomic E-state index is -0.820. The summed E-state index contributed by atoms with van der Waals surface area (Å²) in [7, 11) is 1.71. The molecular formula is C25H34N2O3. The number of methoxy groups -OCH3 is 1. The highest BCUT2D eigenvalue weighted by atomic mass is 16.5. The van der Waals surface area contributed by atoms with Gasteiger partial charge in [-0.25, -0.2) is 0 Å². The molecule has 1 aromatic rings. The number of rotatable bonds is 4. The molecule has 2 heterocycles. The molecule has 5 nitrogen and oxygen atoms in total. The summed E-state index contributed by atoms with van der Waals surface area (Å²) < 4.78 is 5.57. The summed E-state index contributed by atoms with van der Waals surface area (Å²) in [6.07, 6.45) is 8.12. The first-order chi connectivity index (χ1) is 14.5. The molecule has 0 radical (unpaired) electrons. The van der Waals surface area contributed by atoms with Crippen LogP contribution in [0.5, 0.6) is 5.75 Å². The van der Waals surface area contributed by atoms with Gasteiger partial charge >= 0.3 is 0 Å². The molecule has 0 aromatic heterocycles. The Hall–Kier alpha value is -1.59. The summed E-state index contributed by atoms with van der Waals surface area (Å²) in [5.74, 6) is 1.89. The molecule has 2 bridgehead atoms. The number of likely N-dealkylation sites (tertiary alicyclic amines) is 2. The second kappa shape index (κ2) is 6.70. The molecule has 5 aliphatic rings. The van der Waals surface area contributed by atoms with Gasteiger partial charge in [0.05, 0.1) is 12.7 Å².